The molecule has 0 bridgehead atoms. The number of aromatic nitrogens is 1. The first-order valence-corrected chi connectivity index (χ1v) is 4.73. The molecule has 100 valence electrons. The van der Waals surface area contributed by atoms with Crippen molar-refractivity contribution in [2.45, 2.75) is 24.6 Å². The number of rotatable bonds is 2. The molecule has 0 saturated heterocycles. The van der Waals surface area contributed by atoms with E-state index in [4.69, 9.17) is 0 Å². The number of nitrogens with one attached hydrogen (secondary N) is 1. The summed E-state index contributed by atoms with van der Waals surface area (Å²) in [6.45, 7) is 0. The molecular weight excluding hydrogens is 269 g/mol. The van der Waals surface area contributed by atoms with Gasteiger partial charge >= 0.3 is 6.18 Å². The van der Waals surface area contributed by atoms with Crippen LogP contribution in [0.15, 0.2) is 0 Å². The first kappa shape index (κ1) is 12.9. The highest BCUT2D eigenvalue weighted by molar-refractivity contribution is 5.50. The fraction of sp³-hybridized carbons (Fsp3) is 0.444. The highest BCUT2D eigenvalue weighted by Gasteiger charge is 2.64. The Labute approximate surface area is 95.8 Å². The molecule has 0 radical (unpaired) electrons. The van der Waals surface area contributed by atoms with Gasteiger partial charge in [-0.3, -0.25) is 0 Å². The average Bonchev–Trinajstić information content (AvgIpc) is 3.02. The van der Waals surface area contributed by atoms with Gasteiger partial charge in [-0.15, -0.1) is 0 Å². The molecule has 1 aromatic rings. The molecule has 18 heavy (non-hydrogen) atoms. The Balaban J connectivity index is 2.42. The maximum atomic E-state index is 13.1. The fourth-order valence-electron chi connectivity index (χ4n) is 1.44. The van der Waals surface area contributed by atoms with Gasteiger partial charge in [0.15, 0.2) is 0 Å². The molecule has 1 saturated carbocycles. The van der Waals surface area contributed by atoms with Gasteiger partial charge in [0.05, 0.1) is 0 Å². The first-order chi connectivity index (χ1) is 8.18. The number of hydrogen-bond donors (Lipinski definition) is 1. The van der Waals surface area contributed by atoms with Gasteiger partial charge in [-0.2, -0.15) is 35.7 Å². The van der Waals surface area contributed by atoms with Gasteiger partial charge in [-0.25, -0.2) is 0 Å². The van der Waals surface area contributed by atoms with Crippen molar-refractivity contribution < 1.29 is 30.7 Å². The lowest BCUT2D eigenvalue weighted by Crippen LogP contribution is -2.39. The molecule has 9 heteroatoms. The molecule has 0 amide bonds. The maximum Gasteiger partial charge on any atom is 0.411 e. The predicted octanol–water partition coefficient (Wildman–Crippen LogP) is 3.14. The SMILES string of the molecule is Fc1nc(F)c(F)c(NC2(C(F)(F)F)CC2)c1F. The van der Waals surface area contributed by atoms with E-state index in [1.807, 2.05) is 0 Å². The summed E-state index contributed by atoms with van der Waals surface area (Å²) in [5.74, 6) is -7.97. The molecule has 1 aliphatic carbocycles. The highest BCUT2D eigenvalue weighted by Crippen LogP contribution is 2.51. The number of nitrogens with zero attached hydrogens (tertiary/aromatic N) is 1. The molecule has 2 rings (SSSR count). The van der Waals surface area contributed by atoms with Crippen molar-refractivity contribution >= 4 is 5.69 Å². The Hall–Kier alpha value is -1.54. The van der Waals surface area contributed by atoms with Gasteiger partial charge in [0.2, 0.25) is 11.6 Å². The van der Waals surface area contributed by atoms with E-state index in [1.165, 1.54) is 5.32 Å². The van der Waals surface area contributed by atoms with E-state index in [0.29, 0.717) is 0 Å². The van der Waals surface area contributed by atoms with Crippen LogP contribution in [0.5, 0.6) is 0 Å². The zero-order chi connectivity index (χ0) is 13.7. The summed E-state index contributed by atoms with van der Waals surface area (Å²) in [6.07, 6.45) is -5.63. The smallest absolute Gasteiger partial charge is 0.366 e. The quantitative estimate of drug-likeness (QED) is 0.662. The van der Waals surface area contributed by atoms with E-state index in [-0.39, 0.29) is 0 Å². The second-order valence-electron chi connectivity index (χ2n) is 3.90. The molecule has 1 N–H and O–H groups in total. The van der Waals surface area contributed by atoms with E-state index >= 15 is 0 Å². The van der Waals surface area contributed by atoms with Crippen LogP contribution < -0.4 is 5.32 Å². The Morgan fingerprint density at radius 2 is 1.39 bits per heavy atom. The summed E-state index contributed by atoms with van der Waals surface area (Å²) >= 11 is 0. The summed E-state index contributed by atoms with van der Waals surface area (Å²) in [4.78, 5) is 2.24. The summed E-state index contributed by atoms with van der Waals surface area (Å²) in [5.41, 5.74) is -4.02. The van der Waals surface area contributed by atoms with Crippen LogP contribution in [-0.4, -0.2) is 16.7 Å². The molecule has 0 atom stereocenters. The van der Waals surface area contributed by atoms with Gasteiger partial charge in [0, 0.05) is 0 Å². The van der Waals surface area contributed by atoms with Crippen molar-refractivity contribution in [1.29, 1.82) is 0 Å². The highest BCUT2D eigenvalue weighted by atomic mass is 19.4. The third kappa shape index (κ3) is 1.87. The van der Waals surface area contributed by atoms with Crippen LogP contribution in [0.3, 0.4) is 0 Å². The maximum absolute atomic E-state index is 13.1. The van der Waals surface area contributed by atoms with Gasteiger partial charge in [-0.05, 0) is 12.8 Å². The average molecular weight is 274 g/mol. The molecule has 0 aromatic carbocycles. The van der Waals surface area contributed by atoms with Crippen LogP contribution in [0.25, 0.3) is 0 Å². The van der Waals surface area contributed by atoms with Gasteiger partial charge < -0.3 is 5.32 Å². The molecule has 1 aliphatic rings. The fourth-order valence-corrected chi connectivity index (χ4v) is 1.44. The molecular formula is C9H5F7N2. The number of halogens is 7. The van der Waals surface area contributed by atoms with Crippen LogP contribution in [-0.2, 0) is 0 Å². The summed E-state index contributed by atoms with van der Waals surface area (Å²) in [6, 6.07) is 0. The van der Waals surface area contributed by atoms with Crippen LogP contribution in [0.1, 0.15) is 12.8 Å². The van der Waals surface area contributed by atoms with E-state index in [1.54, 1.807) is 0 Å². The standard InChI is InChI=1S/C9H5F7N2/c10-3-5(4(11)7(13)17-6(3)12)18-8(1-2-8)9(14,15)16/h1-2H2,(H,17,18). The topological polar surface area (TPSA) is 24.9 Å². The van der Waals surface area contributed by atoms with Crippen molar-refractivity contribution in [3.05, 3.63) is 23.5 Å². The zero-order valence-corrected chi connectivity index (χ0v) is 8.51. The van der Waals surface area contributed by atoms with Gasteiger partial charge in [0.1, 0.15) is 11.2 Å². The van der Waals surface area contributed by atoms with Crippen LogP contribution in [0, 0.1) is 23.5 Å². The molecule has 1 heterocycles. The molecule has 0 unspecified atom stereocenters. The minimum atomic E-state index is -4.78. The molecule has 1 aromatic heterocycles. The van der Waals surface area contributed by atoms with Crippen LogP contribution >= 0.6 is 0 Å². The molecule has 0 aliphatic heterocycles. The van der Waals surface area contributed by atoms with E-state index in [9.17, 15) is 30.7 Å². The lowest BCUT2D eigenvalue weighted by Gasteiger charge is -2.22. The number of hydrogen-bond acceptors (Lipinski definition) is 2. The Morgan fingerprint density at radius 1 is 0.944 bits per heavy atom. The molecule has 2 nitrogen and oxygen atoms in total. The minimum Gasteiger partial charge on any atom is -0.366 e. The number of anilines is 1. The second-order valence-corrected chi connectivity index (χ2v) is 3.90. The van der Waals surface area contributed by atoms with Gasteiger partial charge in [0.25, 0.3) is 11.9 Å². The predicted molar refractivity (Wildman–Crippen MR) is 45.7 cm³/mol. The summed E-state index contributed by atoms with van der Waals surface area (Å²) < 4.78 is 89.2. The van der Waals surface area contributed by atoms with Crippen LogP contribution in [0.4, 0.5) is 36.4 Å². The lowest BCUT2D eigenvalue weighted by atomic mass is 10.2. The van der Waals surface area contributed by atoms with E-state index in [0.717, 1.165) is 0 Å². The first-order valence-electron chi connectivity index (χ1n) is 4.73. The third-order valence-corrected chi connectivity index (χ3v) is 2.65. The third-order valence-electron chi connectivity index (χ3n) is 2.65. The Bertz CT molecular complexity index is 466. The number of pyridine rings is 1. The van der Waals surface area contributed by atoms with E-state index in [2.05, 4.69) is 4.98 Å². The zero-order valence-electron chi connectivity index (χ0n) is 8.51. The van der Waals surface area contributed by atoms with Crippen molar-refractivity contribution in [1.82, 2.24) is 4.98 Å². The van der Waals surface area contributed by atoms with Crippen LogP contribution in [0.2, 0.25) is 0 Å². The number of alkyl halides is 3. The normalized spacial score (nSPS) is 17.7. The van der Waals surface area contributed by atoms with E-state index < -0.39 is 53.8 Å². The van der Waals surface area contributed by atoms with Crippen molar-refractivity contribution in [2.24, 2.45) is 0 Å². The molecule has 1 fully saturated rings. The van der Waals surface area contributed by atoms with Gasteiger partial charge in [-0.1, -0.05) is 0 Å². The van der Waals surface area contributed by atoms with Crippen molar-refractivity contribution in [2.75, 3.05) is 5.32 Å². The lowest BCUT2D eigenvalue weighted by molar-refractivity contribution is -0.151. The molecule has 0 spiro atoms. The largest absolute Gasteiger partial charge is 0.411 e. The monoisotopic (exact) mass is 274 g/mol. The summed E-state index contributed by atoms with van der Waals surface area (Å²) in [5, 5.41) is 1.49. The van der Waals surface area contributed by atoms with Crippen molar-refractivity contribution in [3.63, 3.8) is 0 Å². The van der Waals surface area contributed by atoms with Crippen molar-refractivity contribution in [3.8, 4) is 0 Å². The Morgan fingerprint density at radius 3 is 1.72 bits per heavy atom. The second kappa shape index (κ2) is 3.72. The Kier molecular flexibility index (Phi) is 2.67. The minimum absolute atomic E-state index is 0.430. The summed E-state index contributed by atoms with van der Waals surface area (Å²) in [7, 11) is 0.